The van der Waals surface area contributed by atoms with E-state index in [1.165, 1.54) is 5.56 Å². The number of carbonyl (C=O) groups excluding carboxylic acids is 1. The van der Waals surface area contributed by atoms with Gasteiger partial charge in [-0.05, 0) is 42.7 Å². The molecular weight excluding hydrogens is 314 g/mol. The lowest BCUT2D eigenvalue weighted by Crippen LogP contribution is -2.28. The highest BCUT2D eigenvalue weighted by Gasteiger charge is 2.12. The molecule has 0 saturated heterocycles. The van der Waals surface area contributed by atoms with Crippen LogP contribution in [0, 0.1) is 0 Å². The summed E-state index contributed by atoms with van der Waals surface area (Å²) >= 11 is 0. The van der Waals surface area contributed by atoms with Gasteiger partial charge < -0.3 is 15.0 Å². The number of methoxy groups -OCH3 is 1. The molecule has 0 bridgehead atoms. The minimum atomic E-state index is -0.0294. The number of nitrogens with one attached hydrogen (secondary N) is 1. The molecule has 0 fully saturated rings. The van der Waals surface area contributed by atoms with Crippen LogP contribution in [0.5, 0.6) is 5.75 Å². The van der Waals surface area contributed by atoms with Crippen molar-refractivity contribution in [2.45, 2.75) is 26.2 Å². The number of pyridine rings is 1. The standard InChI is InChI=1S/C20H27N3O2/c1-4-5-14-23(2)20(24)19-11-8-17(15-22-19)21-13-12-16-6-9-18(25-3)10-7-16/h6-11,15,21H,4-5,12-14H2,1-3H3. The van der Waals surface area contributed by atoms with Crippen molar-refractivity contribution in [3.63, 3.8) is 0 Å². The second-order valence-electron chi connectivity index (χ2n) is 6.04. The van der Waals surface area contributed by atoms with Gasteiger partial charge in [-0.25, -0.2) is 4.98 Å². The molecule has 2 aromatic rings. The molecule has 0 spiro atoms. The summed E-state index contributed by atoms with van der Waals surface area (Å²) in [5.74, 6) is 0.836. The summed E-state index contributed by atoms with van der Waals surface area (Å²) < 4.78 is 5.16. The van der Waals surface area contributed by atoms with Crippen molar-refractivity contribution in [3.8, 4) is 5.75 Å². The Morgan fingerprint density at radius 3 is 2.56 bits per heavy atom. The topological polar surface area (TPSA) is 54.5 Å². The predicted molar refractivity (Wildman–Crippen MR) is 101 cm³/mol. The molecule has 1 amide bonds. The fraction of sp³-hybridized carbons (Fsp3) is 0.400. The van der Waals surface area contributed by atoms with Crippen LogP contribution in [-0.2, 0) is 6.42 Å². The lowest BCUT2D eigenvalue weighted by molar-refractivity contribution is 0.0787. The minimum Gasteiger partial charge on any atom is -0.497 e. The van der Waals surface area contributed by atoms with Crippen LogP contribution in [0.1, 0.15) is 35.8 Å². The van der Waals surface area contributed by atoms with Crippen molar-refractivity contribution in [2.75, 3.05) is 32.6 Å². The third kappa shape index (κ3) is 5.78. The Bertz CT molecular complexity index is 654. The Balaban J connectivity index is 1.82. The van der Waals surface area contributed by atoms with Gasteiger partial charge in [-0.15, -0.1) is 0 Å². The summed E-state index contributed by atoms with van der Waals surface area (Å²) in [7, 11) is 3.49. The predicted octanol–water partition coefficient (Wildman–Crippen LogP) is 3.62. The Morgan fingerprint density at radius 1 is 1.20 bits per heavy atom. The van der Waals surface area contributed by atoms with E-state index in [1.54, 1.807) is 24.3 Å². The quantitative estimate of drug-likeness (QED) is 0.757. The molecule has 1 heterocycles. The maximum atomic E-state index is 12.2. The Kier molecular flexibility index (Phi) is 7.26. The number of hydrogen-bond donors (Lipinski definition) is 1. The highest BCUT2D eigenvalue weighted by Crippen LogP contribution is 2.12. The highest BCUT2D eigenvalue weighted by atomic mass is 16.5. The van der Waals surface area contributed by atoms with E-state index in [1.807, 2.05) is 25.2 Å². The molecule has 134 valence electrons. The van der Waals surface area contributed by atoms with Crippen molar-refractivity contribution < 1.29 is 9.53 Å². The van der Waals surface area contributed by atoms with Gasteiger partial charge in [-0.3, -0.25) is 4.79 Å². The lowest BCUT2D eigenvalue weighted by atomic mass is 10.1. The number of benzene rings is 1. The Labute approximate surface area is 150 Å². The largest absolute Gasteiger partial charge is 0.497 e. The molecule has 1 aromatic carbocycles. The average molecular weight is 341 g/mol. The van der Waals surface area contributed by atoms with Gasteiger partial charge in [0.25, 0.3) is 5.91 Å². The highest BCUT2D eigenvalue weighted by molar-refractivity contribution is 5.92. The fourth-order valence-corrected chi connectivity index (χ4v) is 2.46. The van der Waals surface area contributed by atoms with Crippen molar-refractivity contribution >= 4 is 11.6 Å². The molecule has 1 N–H and O–H groups in total. The number of unbranched alkanes of at least 4 members (excludes halogenated alkanes) is 1. The van der Waals surface area contributed by atoms with E-state index in [0.29, 0.717) is 5.69 Å². The maximum absolute atomic E-state index is 12.2. The van der Waals surface area contributed by atoms with E-state index >= 15 is 0 Å². The molecule has 0 aliphatic heterocycles. The van der Waals surface area contributed by atoms with E-state index < -0.39 is 0 Å². The molecule has 1 aromatic heterocycles. The lowest BCUT2D eigenvalue weighted by Gasteiger charge is -2.16. The summed E-state index contributed by atoms with van der Waals surface area (Å²) in [6, 6.07) is 11.7. The van der Waals surface area contributed by atoms with Crippen LogP contribution >= 0.6 is 0 Å². The zero-order valence-corrected chi connectivity index (χ0v) is 15.3. The summed E-state index contributed by atoms with van der Waals surface area (Å²) in [6.45, 7) is 3.68. The van der Waals surface area contributed by atoms with Gasteiger partial charge in [-0.1, -0.05) is 25.5 Å². The van der Waals surface area contributed by atoms with Gasteiger partial charge >= 0.3 is 0 Å². The molecule has 25 heavy (non-hydrogen) atoms. The Hall–Kier alpha value is -2.56. The first-order valence-electron chi connectivity index (χ1n) is 8.72. The monoisotopic (exact) mass is 341 g/mol. The molecule has 5 nitrogen and oxygen atoms in total. The smallest absolute Gasteiger partial charge is 0.272 e. The van der Waals surface area contributed by atoms with E-state index in [0.717, 1.165) is 43.8 Å². The van der Waals surface area contributed by atoms with Gasteiger partial charge in [0.1, 0.15) is 11.4 Å². The molecule has 2 rings (SSSR count). The molecule has 0 unspecified atom stereocenters. The van der Waals surface area contributed by atoms with Crippen LogP contribution in [0.4, 0.5) is 5.69 Å². The zero-order valence-electron chi connectivity index (χ0n) is 15.3. The van der Waals surface area contributed by atoms with E-state index in [9.17, 15) is 4.79 Å². The molecule has 0 saturated carbocycles. The number of amides is 1. The van der Waals surface area contributed by atoms with Crippen molar-refractivity contribution in [3.05, 3.63) is 53.9 Å². The van der Waals surface area contributed by atoms with Crippen LogP contribution in [0.25, 0.3) is 0 Å². The van der Waals surface area contributed by atoms with Gasteiger partial charge in [0.15, 0.2) is 0 Å². The summed E-state index contributed by atoms with van der Waals surface area (Å²) in [4.78, 5) is 18.3. The summed E-state index contributed by atoms with van der Waals surface area (Å²) in [5.41, 5.74) is 2.64. The minimum absolute atomic E-state index is 0.0294. The number of hydrogen-bond acceptors (Lipinski definition) is 4. The summed E-state index contributed by atoms with van der Waals surface area (Å²) in [5, 5.41) is 3.33. The Morgan fingerprint density at radius 2 is 1.96 bits per heavy atom. The fourth-order valence-electron chi connectivity index (χ4n) is 2.46. The third-order valence-corrected chi connectivity index (χ3v) is 4.08. The SMILES string of the molecule is CCCCN(C)C(=O)c1ccc(NCCc2ccc(OC)cc2)cn1. The number of anilines is 1. The zero-order chi connectivity index (χ0) is 18.1. The van der Waals surface area contributed by atoms with Crippen molar-refractivity contribution in [2.24, 2.45) is 0 Å². The van der Waals surface area contributed by atoms with Gasteiger partial charge in [0.2, 0.25) is 0 Å². The number of aromatic nitrogens is 1. The number of carbonyl (C=O) groups is 1. The average Bonchev–Trinajstić information content (AvgIpc) is 2.66. The number of rotatable bonds is 9. The van der Waals surface area contributed by atoms with Gasteiger partial charge in [-0.2, -0.15) is 0 Å². The first-order chi connectivity index (χ1) is 12.1. The second kappa shape index (κ2) is 9.67. The third-order valence-electron chi connectivity index (χ3n) is 4.08. The van der Waals surface area contributed by atoms with Crippen LogP contribution in [-0.4, -0.2) is 43.0 Å². The molecule has 0 aliphatic carbocycles. The molecule has 0 radical (unpaired) electrons. The van der Waals surface area contributed by atoms with Crippen molar-refractivity contribution in [1.29, 1.82) is 0 Å². The molecular formula is C20H27N3O2. The van der Waals surface area contributed by atoms with Gasteiger partial charge in [0.05, 0.1) is 19.0 Å². The maximum Gasteiger partial charge on any atom is 0.272 e. The van der Waals surface area contributed by atoms with E-state index in [4.69, 9.17) is 4.74 Å². The second-order valence-corrected chi connectivity index (χ2v) is 6.04. The van der Waals surface area contributed by atoms with Gasteiger partial charge in [0, 0.05) is 20.1 Å². The molecule has 5 heteroatoms. The van der Waals surface area contributed by atoms with Crippen molar-refractivity contribution in [1.82, 2.24) is 9.88 Å². The van der Waals surface area contributed by atoms with Crippen LogP contribution in [0.2, 0.25) is 0 Å². The van der Waals surface area contributed by atoms with Crippen LogP contribution < -0.4 is 10.1 Å². The van der Waals surface area contributed by atoms with Crippen LogP contribution in [0.3, 0.4) is 0 Å². The normalized spacial score (nSPS) is 10.4. The summed E-state index contributed by atoms with van der Waals surface area (Å²) in [6.07, 6.45) is 4.70. The number of ether oxygens (including phenoxy) is 1. The van der Waals surface area contributed by atoms with Crippen LogP contribution in [0.15, 0.2) is 42.6 Å². The molecule has 0 atom stereocenters. The number of nitrogens with zero attached hydrogens (tertiary/aromatic N) is 2. The molecule has 0 aliphatic rings. The van der Waals surface area contributed by atoms with E-state index in [-0.39, 0.29) is 5.91 Å². The first kappa shape index (κ1) is 18.8. The van der Waals surface area contributed by atoms with E-state index in [2.05, 4.69) is 29.4 Å². The first-order valence-corrected chi connectivity index (χ1v) is 8.72.